The van der Waals surface area contributed by atoms with Gasteiger partial charge >= 0.3 is 0 Å². The van der Waals surface area contributed by atoms with E-state index in [0.29, 0.717) is 26.4 Å². The minimum absolute atomic E-state index is 0.196. The third-order valence-corrected chi connectivity index (χ3v) is 1.86. The highest BCUT2D eigenvalue weighted by Gasteiger charge is 2.17. The van der Waals surface area contributed by atoms with Gasteiger partial charge in [-0.25, -0.2) is 0 Å². The van der Waals surface area contributed by atoms with E-state index in [-0.39, 0.29) is 13.2 Å². The van der Waals surface area contributed by atoms with Crippen molar-refractivity contribution in [3.05, 3.63) is 0 Å². The van der Waals surface area contributed by atoms with Crippen molar-refractivity contribution in [1.82, 2.24) is 0 Å². The van der Waals surface area contributed by atoms with Crippen molar-refractivity contribution in [1.29, 1.82) is 0 Å². The highest BCUT2D eigenvalue weighted by Crippen LogP contribution is 2.00. The smallest absolute Gasteiger partial charge is 0.0973 e. The van der Waals surface area contributed by atoms with Crippen LogP contribution >= 0.6 is 0 Å². The predicted molar refractivity (Wildman–Crippen MR) is 57.8 cm³/mol. The zero-order chi connectivity index (χ0) is 11.6. The van der Waals surface area contributed by atoms with Crippen LogP contribution in [0.3, 0.4) is 0 Å². The number of hydrogen-bond donors (Lipinski definition) is 2. The molecule has 0 aromatic carbocycles. The molecule has 0 radical (unpaired) electrons. The highest BCUT2D eigenvalue weighted by atomic mass is 16.5. The average molecular weight is 221 g/mol. The molecule has 5 nitrogen and oxygen atoms in total. The lowest BCUT2D eigenvalue weighted by molar-refractivity contribution is -0.0431. The molecule has 1 atom stereocenters. The SMILES string of the molecule is COCCCOCCOCC(C)(O)CN. The van der Waals surface area contributed by atoms with Crippen LogP contribution in [0.1, 0.15) is 13.3 Å². The van der Waals surface area contributed by atoms with E-state index in [1.165, 1.54) is 0 Å². The van der Waals surface area contributed by atoms with Gasteiger partial charge in [-0.2, -0.15) is 0 Å². The summed E-state index contributed by atoms with van der Waals surface area (Å²) in [6, 6.07) is 0. The molecule has 0 amide bonds. The second-order valence-electron chi connectivity index (χ2n) is 3.71. The summed E-state index contributed by atoms with van der Waals surface area (Å²) in [5, 5.41) is 9.49. The van der Waals surface area contributed by atoms with Gasteiger partial charge in [0.2, 0.25) is 0 Å². The van der Waals surface area contributed by atoms with Crippen LogP contribution in [0.15, 0.2) is 0 Å². The molecular formula is C10H23NO4. The maximum atomic E-state index is 9.49. The standard InChI is InChI=1S/C10H23NO4/c1-10(12,8-11)9-15-7-6-14-5-3-4-13-2/h12H,3-9,11H2,1-2H3. The maximum Gasteiger partial charge on any atom is 0.0973 e. The molecule has 0 fully saturated rings. The Hall–Kier alpha value is -0.200. The van der Waals surface area contributed by atoms with E-state index < -0.39 is 5.60 Å². The molecule has 0 aromatic heterocycles. The Kier molecular flexibility index (Phi) is 8.94. The van der Waals surface area contributed by atoms with Crippen molar-refractivity contribution in [3.63, 3.8) is 0 Å². The van der Waals surface area contributed by atoms with Gasteiger partial charge in [0, 0.05) is 26.9 Å². The Balaban J connectivity index is 3.11. The quantitative estimate of drug-likeness (QED) is 0.498. The molecule has 0 aliphatic heterocycles. The fraction of sp³-hybridized carbons (Fsp3) is 1.00. The number of ether oxygens (including phenoxy) is 3. The van der Waals surface area contributed by atoms with Gasteiger partial charge < -0.3 is 25.1 Å². The van der Waals surface area contributed by atoms with Crippen LogP contribution < -0.4 is 5.73 Å². The lowest BCUT2D eigenvalue weighted by Crippen LogP contribution is -2.39. The number of rotatable bonds is 10. The molecular weight excluding hydrogens is 198 g/mol. The van der Waals surface area contributed by atoms with Crippen LogP contribution in [0, 0.1) is 0 Å². The van der Waals surface area contributed by atoms with Crippen LogP contribution in [0.5, 0.6) is 0 Å². The monoisotopic (exact) mass is 221 g/mol. The van der Waals surface area contributed by atoms with E-state index in [2.05, 4.69) is 0 Å². The fourth-order valence-electron chi connectivity index (χ4n) is 0.876. The molecule has 0 aromatic rings. The lowest BCUT2D eigenvalue weighted by atomic mass is 10.1. The Morgan fingerprint density at radius 2 is 1.80 bits per heavy atom. The first-order valence-electron chi connectivity index (χ1n) is 5.19. The summed E-state index contributed by atoms with van der Waals surface area (Å²) in [7, 11) is 1.66. The van der Waals surface area contributed by atoms with E-state index in [1.54, 1.807) is 14.0 Å². The van der Waals surface area contributed by atoms with Crippen LogP contribution in [-0.4, -0.2) is 57.4 Å². The fourth-order valence-corrected chi connectivity index (χ4v) is 0.876. The normalized spacial score (nSPS) is 15.2. The van der Waals surface area contributed by atoms with Gasteiger partial charge in [-0.1, -0.05) is 0 Å². The van der Waals surface area contributed by atoms with E-state index in [1.807, 2.05) is 0 Å². The Labute approximate surface area is 91.5 Å². The van der Waals surface area contributed by atoms with Gasteiger partial charge in [-0.15, -0.1) is 0 Å². The van der Waals surface area contributed by atoms with Gasteiger partial charge in [0.05, 0.1) is 25.4 Å². The van der Waals surface area contributed by atoms with E-state index in [9.17, 15) is 5.11 Å². The van der Waals surface area contributed by atoms with Crippen molar-refractivity contribution in [2.45, 2.75) is 18.9 Å². The van der Waals surface area contributed by atoms with Crippen LogP contribution in [0.25, 0.3) is 0 Å². The summed E-state index contributed by atoms with van der Waals surface area (Å²) in [5.74, 6) is 0. The van der Waals surface area contributed by atoms with E-state index >= 15 is 0 Å². The van der Waals surface area contributed by atoms with Crippen molar-refractivity contribution in [2.75, 3.05) is 46.7 Å². The molecule has 3 N–H and O–H groups in total. The molecule has 0 bridgehead atoms. The largest absolute Gasteiger partial charge is 0.386 e. The van der Waals surface area contributed by atoms with Gasteiger partial charge in [0.25, 0.3) is 0 Å². The first kappa shape index (κ1) is 14.8. The van der Waals surface area contributed by atoms with Crippen LogP contribution in [-0.2, 0) is 14.2 Å². The summed E-state index contributed by atoms with van der Waals surface area (Å²) in [4.78, 5) is 0. The molecule has 0 rings (SSSR count). The highest BCUT2D eigenvalue weighted by molar-refractivity contribution is 4.71. The second-order valence-corrected chi connectivity index (χ2v) is 3.71. The van der Waals surface area contributed by atoms with Gasteiger partial charge in [0.1, 0.15) is 0 Å². The summed E-state index contributed by atoms with van der Waals surface area (Å²) in [5.41, 5.74) is 4.39. The van der Waals surface area contributed by atoms with Crippen molar-refractivity contribution < 1.29 is 19.3 Å². The topological polar surface area (TPSA) is 73.9 Å². The average Bonchev–Trinajstić information content (AvgIpc) is 2.22. The van der Waals surface area contributed by atoms with Gasteiger partial charge in [0.15, 0.2) is 0 Å². The molecule has 15 heavy (non-hydrogen) atoms. The minimum atomic E-state index is -0.934. The van der Waals surface area contributed by atoms with Crippen molar-refractivity contribution >= 4 is 0 Å². The zero-order valence-electron chi connectivity index (χ0n) is 9.70. The molecule has 5 heteroatoms. The predicted octanol–water partition coefficient (Wildman–Crippen LogP) is -0.234. The van der Waals surface area contributed by atoms with E-state index in [0.717, 1.165) is 6.42 Å². The van der Waals surface area contributed by atoms with Crippen molar-refractivity contribution in [2.24, 2.45) is 5.73 Å². The van der Waals surface area contributed by atoms with Crippen molar-refractivity contribution in [3.8, 4) is 0 Å². The number of methoxy groups -OCH3 is 1. The molecule has 0 saturated carbocycles. The first-order valence-corrected chi connectivity index (χ1v) is 5.19. The summed E-state index contributed by atoms with van der Waals surface area (Å²) in [6.07, 6.45) is 0.886. The number of hydrogen-bond acceptors (Lipinski definition) is 5. The maximum absolute atomic E-state index is 9.49. The van der Waals surface area contributed by atoms with Crippen LogP contribution in [0.4, 0.5) is 0 Å². The molecule has 0 aliphatic carbocycles. The molecule has 92 valence electrons. The lowest BCUT2D eigenvalue weighted by Gasteiger charge is -2.20. The van der Waals surface area contributed by atoms with Gasteiger partial charge in [-0.05, 0) is 13.3 Å². The Bertz CT molecular complexity index is 141. The minimum Gasteiger partial charge on any atom is -0.386 e. The van der Waals surface area contributed by atoms with Crippen LogP contribution in [0.2, 0.25) is 0 Å². The zero-order valence-corrected chi connectivity index (χ0v) is 9.70. The molecule has 0 heterocycles. The number of aliphatic hydroxyl groups is 1. The molecule has 0 aliphatic rings. The molecule has 1 unspecified atom stereocenters. The third kappa shape index (κ3) is 10.1. The number of nitrogens with two attached hydrogens (primary N) is 1. The van der Waals surface area contributed by atoms with Gasteiger partial charge in [-0.3, -0.25) is 0 Å². The summed E-state index contributed by atoms with van der Waals surface area (Å²) in [6.45, 7) is 4.47. The molecule has 0 saturated heterocycles. The second kappa shape index (κ2) is 9.06. The summed E-state index contributed by atoms with van der Waals surface area (Å²) < 4.78 is 15.3. The van der Waals surface area contributed by atoms with E-state index in [4.69, 9.17) is 19.9 Å². The Morgan fingerprint density at radius 3 is 2.40 bits per heavy atom. The first-order chi connectivity index (χ1) is 7.12. The summed E-state index contributed by atoms with van der Waals surface area (Å²) >= 11 is 0. The molecule has 0 spiro atoms. The third-order valence-electron chi connectivity index (χ3n) is 1.86. The Morgan fingerprint density at radius 1 is 1.13 bits per heavy atom.